The standard InChI is InChI=1S/C68H76BN2/c1-40-34-50-54(67(12,13)33-30-63(50,4)5)39-57(40)71-60-43-21-17-16-20-41(43)35-47(59(60)69-55-27-25-45-44-22-18-19-23-48(44)68(14,15)58(45)61(55)71)46-37-52-53(66(10,11)32-31-65(52,8)9)38-56(46)70-42-24-26-49-51(36-42)64(6,7)29-28-62(49,2)3/h16-27,34-39,70H,28-33H2,1-15H3. The molecule has 71 heavy (non-hydrogen) atoms. The summed E-state index contributed by atoms with van der Waals surface area (Å²) in [6.45, 7) is 36.8. The molecule has 1 radical (unpaired) electrons. The molecule has 0 bridgehead atoms. The van der Waals surface area contributed by atoms with E-state index in [1.165, 1.54) is 148 Å². The number of rotatable bonds is 4. The van der Waals surface area contributed by atoms with Crippen LogP contribution in [-0.2, 0) is 37.9 Å². The normalized spacial score (nSPS) is 20.6. The Labute approximate surface area is 427 Å². The summed E-state index contributed by atoms with van der Waals surface area (Å²) < 4.78 is 0. The minimum atomic E-state index is -0.218. The van der Waals surface area contributed by atoms with Gasteiger partial charge in [-0.1, -0.05) is 175 Å². The highest BCUT2D eigenvalue weighted by Gasteiger charge is 2.45. The second-order valence-corrected chi connectivity index (χ2v) is 27.3. The van der Waals surface area contributed by atoms with Gasteiger partial charge in [0.1, 0.15) is 0 Å². The van der Waals surface area contributed by atoms with Crippen molar-refractivity contribution in [2.24, 2.45) is 0 Å². The van der Waals surface area contributed by atoms with Crippen LogP contribution in [0.15, 0.2) is 109 Å². The molecule has 7 aromatic rings. The van der Waals surface area contributed by atoms with Crippen LogP contribution in [-0.4, -0.2) is 7.28 Å². The molecule has 0 fully saturated rings. The van der Waals surface area contributed by atoms with Gasteiger partial charge >= 0.3 is 0 Å². The van der Waals surface area contributed by atoms with Crippen molar-refractivity contribution in [2.45, 2.75) is 180 Å². The van der Waals surface area contributed by atoms with Gasteiger partial charge in [0.05, 0.1) is 0 Å². The van der Waals surface area contributed by atoms with Gasteiger partial charge in [-0.25, -0.2) is 0 Å². The first-order chi connectivity index (χ1) is 33.3. The first-order valence-electron chi connectivity index (χ1n) is 27.1. The zero-order valence-corrected chi connectivity index (χ0v) is 45.7. The van der Waals surface area contributed by atoms with Crippen LogP contribution in [0.3, 0.4) is 0 Å². The summed E-state index contributed by atoms with van der Waals surface area (Å²) >= 11 is 0. The zero-order valence-electron chi connectivity index (χ0n) is 45.7. The fourth-order valence-corrected chi connectivity index (χ4v) is 14.4. The molecule has 4 aliphatic carbocycles. The number of nitrogens with zero attached hydrogens (tertiary/aromatic N) is 1. The first kappa shape index (κ1) is 46.5. The molecular formula is C68H76BN2. The number of fused-ring (bicyclic) bond motifs is 11. The van der Waals surface area contributed by atoms with Gasteiger partial charge < -0.3 is 10.2 Å². The van der Waals surface area contributed by atoms with Crippen LogP contribution in [0.2, 0.25) is 0 Å². The lowest BCUT2D eigenvalue weighted by Crippen LogP contribution is -2.43. The van der Waals surface area contributed by atoms with Gasteiger partial charge in [0, 0.05) is 44.8 Å². The molecule has 1 N–H and O–H groups in total. The van der Waals surface area contributed by atoms with Crippen LogP contribution in [0.1, 0.15) is 186 Å². The van der Waals surface area contributed by atoms with Crippen LogP contribution < -0.4 is 21.1 Å². The summed E-state index contributed by atoms with van der Waals surface area (Å²) in [5, 5.41) is 6.75. The predicted octanol–water partition coefficient (Wildman–Crippen LogP) is 17.4. The molecule has 0 aromatic heterocycles. The van der Waals surface area contributed by atoms with Crippen molar-refractivity contribution in [3.63, 3.8) is 0 Å². The molecule has 0 atom stereocenters. The van der Waals surface area contributed by atoms with Crippen LogP contribution in [0.5, 0.6) is 0 Å². The molecule has 3 heteroatoms. The van der Waals surface area contributed by atoms with Crippen molar-refractivity contribution in [3.8, 4) is 22.3 Å². The number of aryl methyl sites for hydroxylation is 1. The highest BCUT2D eigenvalue weighted by molar-refractivity contribution is 6.74. The molecule has 12 rings (SSSR count). The maximum absolute atomic E-state index is 4.21. The van der Waals surface area contributed by atoms with Crippen molar-refractivity contribution in [3.05, 3.63) is 159 Å². The van der Waals surface area contributed by atoms with Gasteiger partial charge in [-0.15, -0.1) is 0 Å². The number of hydrogen-bond donors (Lipinski definition) is 1. The van der Waals surface area contributed by atoms with Crippen LogP contribution in [0.25, 0.3) is 33.0 Å². The maximum Gasteiger partial charge on any atom is 0.197 e. The van der Waals surface area contributed by atoms with E-state index in [9.17, 15) is 0 Å². The van der Waals surface area contributed by atoms with Gasteiger partial charge in [-0.05, 0) is 192 Å². The van der Waals surface area contributed by atoms with Gasteiger partial charge in [0.2, 0.25) is 0 Å². The molecule has 1 heterocycles. The van der Waals surface area contributed by atoms with Crippen molar-refractivity contribution < 1.29 is 0 Å². The molecule has 2 nitrogen and oxygen atoms in total. The lowest BCUT2D eigenvalue weighted by atomic mass is 9.56. The summed E-state index contributed by atoms with van der Waals surface area (Å²) in [6, 6.07) is 43.5. The average molecular weight is 932 g/mol. The maximum atomic E-state index is 4.21. The summed E-state index contributed by atoms with van der Waals surface area (Å²) in [5.41, 5.74) is 27.4. The molecule has 361 valence electrons. The van der Waals surface area contributed by atoms with E-state index in [1.54, 1.807) is 0 Å². The Morgan fingerprint density at radius 2 is 0.986 bits per heavy atom. The molecule has 7 aromatic carbocycles. The minimum Gasteiger partial charge on any atom is -0.355 e. The number of anilines is 5. The monoisotopic (exact) mass is 932 g/mol. The van der Waals surface area contributed by atoms with Crippen molar-refractivity contribution in [1.82, 2.24) is 0 Å². The van der Waals surface area contributed by atoms with E-state index in [4.69, 9.17) is 0 Å². The van der Waals surface area contributed by atoms with Gasteiger partial charge in [-0.3, -0.25) is 0 Å². The third-order valence-corrected chi connectivity index (χ3v) is 19.4. The second-order valence-electron chi connectivity index (χ2n) is 27.3. The van der Waals surface area contributed by atoms with Crippen LogP contribution in [0.4, 0.5) is 28.4 Å². The molecule has 1 aliphatic heterocycles. The summed E-state index contributed by atoms with van der Waals surface area (Å²) in [6.07, 6.45) is 7.07. The zero-order chi connectivity index (χ0) is 50.2. The van der Waals surface area contributed by atoms with Crippen molar-refractivity contribution >= 4 is 57.4 Å². The fraction of sp³-hybridized carbons (Fsp3) is 0.412. The van der Waals surface area contributed by atoms with E-state index in [2.05, 4.69) is 231 Å². The highest BCUT2D eigenvalue weighted by Crippen LogP contribution is 2.58. The Bertz CT molecular complexity index is 3420. The molecule has 5 aliphatic rings. The Morgan fingerprint density at radius 1 is 0.437 bits per heavy atom. The highest BCUT2D eigenvalue weighted by atomic mass is 15.2. The van der Waals surface area contributed by atoms with Crippen LogP contribution in [0, 0.1) is 6.92 Å². The van der Waals surface area contributed by atoms with Crippen LogP contribution >= 0.6 is 0 Å². The Kier molecular flexibility index (Phi) is 9.85. The average Bonchev–Trinajstić information content (AvgIpc) is 3.55. The number of benzene rings is 7. The Hall–Kier alpha value is -5.54. The van der Waals surface area contributed by atoms with E-state index in [0.29, 0.717) is 0 Å². The lowest BCUT2D eigenvalue weighted by Gasteiger charge is -2.45. The molecule has 0 saturated carbocycles. The first-order valence-corrected chi connectivity index (χ1v) is 27.1. The van der Waals surface area contributed by atoms with Crippen molar-refractivity contribution in [1.29, 1.82) is 0 Å². The SMILES string of the molecule is Cc1cc2c(cc1N1c3c(ccc4c3C(C)(C)c3ccccc3-4)[B]c3c(-c4cc5c(cc4Nc4ccc6c(c4)C(C)(C)CCC6(C)C)C(C)(C)CCC5(C)C)cc4ccccc4c31)C(C)(C)CCC2(C)C. The largest absolute Gasteiger partial charge is 0.355 e. The number of hydrogen-bond acceptors (Lipinski definition) is 2. The van der Waals surface area contributed by atoms with E-state index in [-0.39, 0.29) is 37.9 Å². The second kappa shape index (κ2) is 15.0. The third-order valence-electron chi connectivity index (χ3n) is 19.4. The van der Waals surface area contributed by atoms with Crippen molar-refractivity contribution in [2.75, 3.05) is 10.2 Å². The summed E-state index contributed by atoms with van der Waals surface area (Å²) in [5.74, 6) is 0. The van der Waals surface area contributed by atoms with E-state index < -0.39 is 0 Å². The van der Waals surface area contributed by atoms with E-state index in [0.717, 1.165) is 12.8 Å². The topological polar surface area (TPSA) is 15.3 Å². The van der Waals surface area contributed by atoms with E-state index >= 15 is 0 Å². The predicted molar refractivity (Wildman–Crippen MR) is 307 cm³/mol. The lowest BCUT2D eigenvalue weighted by molar-refractivity contribution is 0.332. The third kappa shape index (κ3) is 6.86. The Balaban J connectivity index is 1.17. The van der Waals surface area contributed by atoms with E-state index in [1.807, 2.05) is 0 Å². The molecule has 0 spiro atoms. The van der Waals surface area contributed by atoms with Gasteiger partial charge in [0.25, 0.3) is 0 Å². The van der Waals surface area contributed by atoms with Gasteiger partial charge in [-0.2, -0.15) is 0 Å². The van der Waals surface area contributed by atoms with Gasteiger partial charge in [0.15, 0.2) is 7.28 Å². The number of nitrogens with one attached hydrogen (secondary N) is 1. The molecule has 0 saturated heterocycles. The Morgan fingerprint density at radius 3 is 1.65 bits per heavy atom. The summed E-state index contributed by atoms with van der Waals surface area (Å²) in [4.78, 5) is 2.77. The molecule has 0 amide bonds. The molecular weight excluding hydrogens is 856 g/mol. The smallest absolute Gasteiger partial charge is 0.197 e. The quantitative estimate of drug-likeness (QED) is 0.177. The minimum absolute atomic E-state index is 0.0286. The fourth-order valence-electron chi connectivity index (χ4n) is 14.4. The molecule has 0 unspecified atom stereocenters. The summed E-state index contributed by atoms with van der Waals surface area (Å²) in [7, 11) is 2.57.